The monoisotopic (exact) mass is 268 g/mol. The average Bonchev–Trinajstić information content (AvgIpc) is 2.81. The molecule has 3 heterocycles. The maximum absolute atomic E-state index is 5.83. The van der Waals surface area contributed by atoms with Crippen molar-refractivity contribution in [1.82, 2.24) is 14.8 Å². The molecule has 1 fully saturated rings. The van der Waals surface area contributed by atoms with Crippen molar-refractivity contribution < 1.29 is 0 Å². The Morgan fingerprint density at radius 3 is 2.88 bits per heavy atom. The van der Waals surface area contributed by atoms with Crippen molar-refractivity contribution in [1.29, 1.82) is 0 Å². The number of hydrogen-bond donors (Lipinski definition) is 0. The van der Waals surface area contributed by atoms with E-state index in [1.807, 2.05) is 17.1 Å². The van der Waals surface area contributed by atoms with E-state index in [-0.39, 0.29) is 0 Å². The quantitative estimate of drug-likeness (QED) is 0.857. The number of thiazole rings is 1. The molecule has 1 aliphatic heterocycles. The minimum atomic E-state index is 0.648. The highest BCUT2D eigenvalue weighted by Gasteiger charge is 2.28. The van der Waals surface area contributed by atoms with Crippen LogP contribution in [0, 0.1) is 12.8 Å². The first-order chi connectivity index (χ1) is 8.20. The summed E-state index contributed by atoms with van der Waals surface area (Å²) >= 11 is 7.59. The van der Waals surface area contributed by atoms with E-state index in [0.29, 0.717) is 10.9 Å². The fraction of sp³-hybridized carbons (Fsp3) is 0.455. The standard InChI is InChI=1S/C11H13ClN4S/c1-8-2-13-11(17-8)15-4-9(5-15)6-16-7-10(12)3-14-16/h2-3,7,9H,4-6H2,1H3. The number of hydrogen-bond acceptors (Lipinski definition) is 4. The Hall–Kier alpha value is -1.07. The second-order valence-electron chi connectivity index (χ2n) is 4.41. The largest absolute Gasteiger partial charge is 0.347 e. The molecule has 2 aromatic rings. The van der Waals surface area contributed by atoms with E-state index >= 15 is 0 Å². The van der Waals surface area contributed by atoms with Crippen molar-refractivity contribution in [2.24, 2.45) is 5.92 Å². The summed E-state index contributed by atoms with van der Waals surface area (Å²) in [7, 11) is 0. The Morgan fingerprint density at radius 1 is 1.47 bits per heavy atom. The number of halogens is 1. The molecule has 17 heavy (non-hydrogen) atoms. The van der Waals surface area contributed by atoms with Crippen LogP contribution >= 0.6 is 22.9 Å². The summed E-state index contributed by atoms with van der Waals surface area (Å²) in [5.74, 6) is 0.648. The first kappa shape index (κ1) is 11.0. The molecule has 1 aliphatic rings. The zero-order chi connectivity index (χ0) is 11.8. The molecule has 0 aliphatic carbocycles. The van der Waals surface area contributed by atoms with Crippen LogP contribution in [-0.2, 0) is 6.54 Å². The second kappa shape index (κ2) is 4.31. The molecule has 0 amide bonds. The molecule has 0 bridgehead atoms. The van der Waals surface area contributed by atoms with Gasteiger partial charge in [-0.2, -0.15) is 5.10 Å². The molecule has 0 unspecified atom stereocenters. The van der Waals surface area contributed by atoms with Gasteiger partial charge in [0.2, 0.25) is 0 Å². The molecule has 4 nitrogen and oxygen atoms in total. The van der Waals surface area contributed by atoms with Crippen molar-refractivity contribution in [3.63, 3.8) is 0 Å². The van der Waals surface area contributed by atoms with Gasteiger partial charge in [-0.25, -0.2) is 4.98 Å². The van der Waals surface area contributed by atoms with Crippen LogP contribution in [0.25, 0.3) is 0 Å². The van der Waals surface area contributed by atoms with Crippen LogP contribution in [0.4, 0.5) is 5.13 Å². The van der Waals surface area contributed by atoms with Gasteiger partial charge in [-0.15, -0.1) is 11.3 Å². The maximum Gasteiger partial charge on any atom is 0.185 e. The van der Waals surface area contributed by atoms with Gasteiger partial charge in [0.05, 0.1) is 11.2 Å². The lowest BCUT2D eigenvalue weighted by Gasteiger charge is -2.39. The number of rotatable bonds is 3. The summed E-state index contributed by atoms with van der Waals surface area (Å²) in [5.41, 5.74) is 0. The summed E-state index contributed by atoms with van der Waals surface area (Å²) in [6, 6.07) is 0. The van der Waals surface area contributed by atoms with Gasteiger partial charge in [-0.05, 0) is 6.92 Å². The van der Waals surface area contributed by atoms with Gasteiger partial charge in [0.15, 0.2) is 5.13 Å². The topological polar surface area (TPSA) is 34.0 Å². The summed E-state index contributed by atoms with van der Waals surface area (Å²) < 4.78 is 1.91. The lowest BCUT2D eigenvalue weighted by atomic mass is 10.0. The average molecular weight is 269 g/mol. The molecule has 0 saturated carbocycles. The lowest BCUT2D eigenvalue weighted by Crippen LogP contribution is -2.48. The number of anilines is 1. The fourth-order valence-electron chi connectivity index (χ4n) is 2.03. The van der Waals surface area contributed by atoms with E-state index in [1.54, 1.807) is 17.5 Å². The Bertz CT molecular complexity index is 515. The molecular weight excluding hydrogens is 256 g/mol. The van der Waals surface area contributed by atoms with Crippen molar-refractivity contribution >= 4 is 28.1 Å². The Kier molecular flexibility index (Phi) is 2.80. The molecule has 2 aromatic heterocycles. The van der Waals surface area contributed by atoms with Gasteiger partial charge < -0.3 is 4.90 Å². The van der Waals surface area contributed by atoms with E-state index in [0.717, 1.165) is 24.8 Å². The van der Waals surface area contributed by atoms with Crippen LogP contribution in [0.2, 0.25) is 5.02 Å². The predicted octanol–water partition coefficient (Wildman–Crippen LogP) is 2.44. The lowest BCUT2D eigenvalue weighted by molar-refractivity contribution is 0.342. The van der Waals surface area contributed by atoms with Gasteiger partial charge in [-0.1, -0.05) is 11.6 Å². The molecule has 0 aromatic carbocycles. The number of aromatic nitrogens is 3. The minimum Gasteiger partial charge on any atom is -0.347 e. The zero-order valence-electron chi connectivity index (χ0n) is 9.51. The van der Waals surface area contributed by atoms with Gasteiger partial charge >= 0.3 is 0 Å². The first-order valence-electron chi connectivity index (χ1n) is 5.56. The third-order valence-corrected chi connectivity index (χ3v) is 4.05. The molecular formula is C11H13ClN4S. The van der Waals surface area contributed by atoms with Gasteiger partial charge in [0.25, 0.3) is 0 Å². The highest BCUT2D eigenvalue weighted by molar-refractivity contribution is 7.15. The van der Waals surface area contributed by atoms with Crippen LogP contribution in [0.1, 0.15) is 4.88 Å². The highest BCUT2D eigenvalue weighted by Crippen LogP contribution is 2.29. The minimum absolute atomic E-state index is 0.648. The maximum atomic E-state index is 5.83. The zero-order valence-corrected chi connectivity index (χ0v) is 11.1. The molecule has 90 valence electrons. The molecule has 0 spiro atoms. The van der Waals surface area contributed by atoms with Crippen LogP contribution in [-0.4, -0.2) is 27.9 Å². The molecule has 0 N–H and O–H groups in total. The van der Waals surface area contributed by atoms with Gasteiger partial charge in [0.1, 0.15) is 0 Å². The van der Waals surface area contributed by atoms with E-state index in [9.17, 15) is 0 Å². The van der Waals surface area contributed by atoms with Crippen LogP contribution in [0.15, 0.2) is 18.6 Å². The van der Waals surface area contributed by atoms with Crippen LogP contribution < -0.4 is 4.90 Å². The van der Waals surface area contributed by atoms with Crippen LogP contribution in [0.3, 0.4) is 0 Å². The summed E-state index contributed by atoms with van der Waals surface area (Å²) in [4.78, 5) is 7.96. The second-order valence-corrected chi connectivity index (χ2v) is 6.05. The van der Waals surface area contributed by atoms with E-state index in [2.05, 4.69) is 21.9 Å². The van der Waals surface area contributed by atoms with E-state index in [1.165, 1.54) is 4.88 Å². The van der Waals surface area contributed by atoms with E-state index < -0.39 is 0 Å². The number of nitrogens with zero attached hydrogens (tertiary/aromatic N) is 4. The Labute approximate surface area is 109 Å². The Morgan fingerprint density at radius 2 is 2.29 bits per heavy atom. The predicted molar refractivity (Wildman–Crippen MR) is 69.8 cm³/mol. The molecule has 1 saturated heterocycles. The normalized spacial score (nSPS) is 16.2. The molecule has 0 radical (unpaired) electrons. The highest BCUT2D eigenvalue weighted by atomic mass is 35.5. The smallest absolute Gasteiger partial charge is 0.185 e. The van der Waals surface area contributed by atoms with Gasteiger partial charge in [0, 0.05) is 42.8 Å². The van der Waals surface area contributed by atoms with Crippen molar-refractivity contribution in [2.45, 2.75) is 13.5 Å². The fourth-order valence-corrected chi connectivity index (χ4v) is 2.97. The molecule has 3 rings (SSSR count). The summed E-state index contributed by atoms with van der Waals surface area (Å²) in [6.07, 6.45) is 5.49. The van der Waals surface area contributed by atoms with Crippen molar-refractivity contribution in [3.05, 3.63) is 28.5 Å². The van der Waals surface area contributed by atoms with Gasteiger partial charge in [-0.3, -0.25) is 4.68 Å². The first-order valence-corrected chi connectivity index (χ1v) is 6.75. The molecule has 0 atom stereocenters. The number of aryl methyl sites for hydroxylation is 1. The Balaban J connectivity index is 1.55. The van der Waals surface area contributed by atoms with Crippen LogP contribution in [0.5, 0.6) is 0 Å². The van der Waals surface area contributed by atoms with E-state index in [4.69, 9.17) is 11.6 Å². The van der Waals surface area contributed by atoms with Crippen molar-refractivity contribution in [3.8, 4) is 0 Å². The third kappa shape index (κ3) is 2.30. The third-order valence-electron chi connectivity index (χ3n) is 2.88. The van der Waals surface area contributed by atoms with Crippen molar-refractivity contribution in [2.75, 3.05) is 18.0 Å². The molecule has 6 heteroatoms. The summed E-state index contributed by atoms with van der Waals surface area (Å²) in [5, 5.41) is 6.03. The summed E-state index contributed by atoms with van der Waals surface area (Å²) in [6.45, 7) is 5.15. The SMILES string of the molecule is Cc1cnc(N2CC(Cn3cc(Cl)cn3)C2)s1.